The molecule has 9 nitrogen and oxygen atoms in total. The smallest absolute Gasteiger partial charge is 0.253 e. The Morgan fingerprint density at radius 2 is 1.92 bits per heavy atom. The van der Waals surface area contributed by atoms with Crippen LogP contribution >= 0.6 is 23.2 Å². The monoisotopic (exact) mass is 411 g/mol. The van der Waals surface area contributed by atoms with Gasteiger partial charge in [-0.25, -0.2) is 0 Å². The van der Waals surface area contributed by atoms with Gasteiger partial charge >= 0.3 is 0 Å². The van der Waals surface area contributed by atoms with Crippen molar-refractivity contribution in [2.75, 3.05) is 13.3 Å². The minimum absolute atomic E-state index is 0.0579. The molecule has 1 aromatic rings. The van der Waals surface area contributed by atoms with Crippen LogP contribution in [0.1, 0.15) is 15.9 Å². The number of rotatable bonds is 5. The standard InChI is InChI=1S/C15H19Cl2NO8/c1-5-6(2-7(16)10(20)9(5)17)14(24)18-4-25-15-13(23)12(22)11(21)8(3-19)26-15/h2,8,11-13,15,19-23H,3-4H2,1H3,(H,18,24)/t8-,11-,12+,13-,15+/m1/s1. The second kappa shape index (κ2) is 8.68. The molecule has 5 atom stereocenters. The summed E-state index contributed by atoms with van der Waals surface area (Å²) < 4.78 is 10.3. The molecule has 1 saturated heterocycles. The number of hydrogen-bond donors (Lipinski definition) is 6. The van der Waals surface area contributed by atoms with Gasteiger partial charge in [-0.1, -0.05) is 23.2 Å². The van der Waals surface area contributed by atoms with Gasteiger partial charge in [0.05, 0.1) is 16.7 Å². The summed E-state index contributed by atoms with van der Waals surface area (Å²) in [6.45, 7) is 0.504. The largest absolute Gasteiger partial charge is 0.505 e. The second-order valence-corrected chi connectivity index (χ2v) is 6.49. The van der Waals surface area contributed by atoms with Crippen molar-refractivity contribution in [1.82, 2.24) is 5.32 Å². The molecule has 0 aromatic heterocycles. The van der Waals surface area contributed by atoms with E-state index in [9.17, 15) is 25.2 Å². The lowest BCUT2D eigenvalue weighted by molar-refractivity contribution is -0.301. The highest BCUT2D eigenvalue weighted by atomic mass is 35.5. The molecule has 0 bridgehead atoms. The van der Waals surface area contributed by atoms with Crippen LogP contribution in [0.5, 0.6) is 5.75 Å². The van der Waals surface area contributed by atoms with Crippen molar-refractivity contribution in [2.45, 2.75) is 37.6 Å². The number of nitrogens with one attached hydrogen (secondary N) is 1. The Labute approximate surface area is 158 Å². The van der Waals surface area contributed by atoms with Crippen molar-refractivity contribution in [2.24, 2.45) is 0 Å². The van der Waals surface area contributed by atoms with Gasteiger partial charge in [0.15, 0.2) is 12.0 Å². The first-order valence-corrected chi connectivity index (χ1v) is 8.32. The number of hydrogen-bond acceptors (Lipinski definition) is 8. The number of carbonyl (C=O) groups is 1. The quantitative estimate of drug-likeness (QED) is 0.355. The van der Waals surface area contributed by atoms with Crippen molar-refractivity contribution in [1.29, 1.82) is 0 Å². The fraction of sp³-hybridized carbons (Fsp3) is 0.533. The fourth-order valence-corrected chi connectivity index (χ4v) is 2.89. The molecular weight excluding hydrogens is 393 g/mol. The Kier molecular flexibility index (Phi) is 7.05. The number of halogens is 2. The van der Waals surface area contributed by atoms with E-state index in [1.54, 1.807) is 0 Å². The Balaban J connectivity index is 1.98. The predicted molar refractivity (Wildman–Crippen MR) is 90.0 cm³/mol. The molecule has 11 heteroatoms. The van der Waals surface area contributed by atoms with Crippen molar-refractivity contribution in [3.8, 4) is 5.75 Å². The van der Waals surface area contributed by atoms with Gasteiger partial charge in [0.2, 0.25) is 0 Å². The molecule has 6 N–H and O–H groups in total. The molecule has 1 aliphatic rings. The van der Waals surface area contributed by atoms with Gasteiger partial charge in [0, 0.05) is 5.56 Å². The molecule has 1 amide bonds. The summed E-state index contributed by atoms with van der Waals surface area (Å²) in [4.78, 5) is 12.2. The van der Waals surface area contributed by atoms with E-state index in [1.165, 1.54) is 13.0 Å². The SMILES string of the molecule is Cc1c(C(=O)NCO[C@H]2O[C@H](CO)[C@@H](O)[C@H](O)[C@H]2O)cc(Cl)c(O)c1Cl. The van der Waals surface area contributed by atoms with E-state index in [4.69, 9.17) is 37.8 Å². The average Bonchev–Trinajstić information content (AvgIpc) is 2.62. The van der Waals surface area contributed by atoms with Crippen molar-refractivity contribution in [3.05, 3.63) is 27.2 Å². The summed E-state index contributed by atoms with van der Waals surface area (Å²) in [5.74, 6) is -0.948. The van der Waals surface area contributed by atoms with E-state index in [0.29, 0.717) is 5.56 Å². The van der Waals surface area contributed by atoms with Gasteiger partial charge in [-0.15, -0.1) is 0 Å². The molecule has 0 unspecified atom stereocenters. The molecule has 0 radical (unpaired) electrons. The van der Waals surface area contributed by atoms with Crippen molar-refractivity contribution in [3.63, 3.8) is 0 Å². The Hall–Kier alpha value is -1.17. The van der Waals surface area contributed by atoms with Crippen LogP contribution in [0.25, 0.3) is 0 Å². The summed E-state index contributed by atoms with van der Waals surface area (Å²) in [7, 11) is 0. The maximum Gasteiger partial charge on any atom is 0.253 e. The second-order valence-electron chi connectivity index (χ2n) is 5.71. The van der Waals surface area contributed by atoms with Crippen LogP contribution in [0, 0.1) is 6.92 Å². The van der Waals surface area contributed by atoms with E-state index in [-0.39, 0.29) is 21.4 Å². The lowest BCUT2D eigenvalue weighted by atomic mass is 9.99. The normalized spacial score (nSPS) is 28.8. The lowest BCUT2D eigenvalue weighted by Crippen LogP contribution is -2.59. The number of carbonyl (C=O) groups excluding carboxylic acids is 1. The fourth-order valence-electron chi connectivity index (χ4n) is 2.43. The van der Waals surface area contributed by atoms with Crippen LogP contribution in [0.4, 0.5) is 0 Å². The molecule has 1 aromatic carbocycles. The molecule has 26 heavy (non-hydrogen) atoms. The highest BCUT2D eigenvalue weighted by Gasteiger charge is 2.44. The molecule has 146 valence electrons. The van der Waals surface area contributed by atoms with Crippen LogP contribution in [0.15, 0.2) is 6.07 Å². The first-order valence-electron chi connectivity index (χ1n) is 7.56. The zero-order valence-electron chi connectivity index (χ0n) is 13.6. The third-order valence-corrected chi connectivity index (χ3v) is 4.76. The van der Waals surface area contributed by atoms with Gasteiger partial charge in [-0.3, -0.25) is 4.79 Å². The first-order chi connectivity index (χ1) is 12.2. The van der Waals surface area contributed by atoms with Gasteiger partial charge in [0.1, 0.15) is 31.1 Å². The molecule has 0 aliphatic carbocycles. The summed E-state index contributed by atoms with van der Waals surface area (Å²) in [5.41, 5.74) is 0.411. The highest BCUT2D eigenvalue weighted by Crippen LogP contribution is 2.36. The van der Waals surface area contributed by atoms with Crippen molar-refractivity contribution < 1.29 is 39.8 Å². The molecule has 1 aliphatic heterocycles. The van der Waals surface area contributed by atoms with E-state index in [0.717, 1.165) is 0 Å². The molecular formula is C15H19Cl2NO8. The predicted octanol–water partition coefficient (Wildman–Crippen LogP) is -0.489. The molecule has 1 heterocycles. The summed E-state index contributed by atoms with van der Waals surface area (Å²) in [6, 6.07) is 1.24. The van der Waals surface area contributed by atoms with Crippen LogP contribution in [-0.2, 0) is 9.47 Å². The number of phenols is 1. The number of amides is 1. The zero-order chi connectivity index (χ0) is 19.6. The van der Waals surface area contributed by atoms with Crippen molar-refractivity contribution >= 4 is 29.1 Å². The third kappa shape index (κ3) is 4.21. The number of phenolic OH excluding ortho intramolecular Hbond substituents is 1. The lowest BCUT2D eigenvalue weighted by Gasteiger charge is -2.39. The third-order valence-electron chi connectivity index (χ3n) is 4.01. The highest BCUT2D eigenvalue weighted by molar-refractivity contribution is 6.38. The number of aromatic hydroxyl groups is 1. The summed E-state index contributed by atoms with van der Waals surface area (Å²) in [6.07, 6.45) is -7.17. The van der Waals surface area contributed by atoms with E-state index in [1.807, 2.05) is 0 Å². The molecule has 2 rings (SSSR count). The number of ether oxygens (including phenoxy) is 2. The zero-order valence-corrected chi connectivity index (χ0v) is 15.1. The maximum absolute atomic E-state index is 12.2. The first kappa shape index (κ1) is 21.1. The minimum Gasteiger partial charge on any atom is -0.505 e. The van der Waals surface area contributed by atoms with E-state index < -0.39 is 50.0 Å². The topological polar surface area (TPSA) is 149 Å². The van der Waals surface area contributed by atoms with Gasteiger partial charge in [0.25, 0.3) is 5.91 Å². The Morgan fingerprint density at radius 3 is 2.54 bits per heavy atom. The van der Waals surface area contributed by atoms with Crippen LogP contribution in [0.2, 0.25) is 10.0 Å². The van der Waals surface area contributed by atoms with Crippen LogP contribution in [-0.4, -0.2) is 75.5 Å². The Morgan fingerprint density at radius 1 is 1.27 bits per heavy atom. The number of benzene rings is 1. The summed E-state index contributed by atoms with van der Waals surface area (Å²) >= 11 is 11.7. The van der Waals surface area contributed by atoms with Crippen LogP contribution < -0.4 is 5.32 Å². The maximum atomic E-state index is 12.2. The minimum atomic E-state index is -1.58. The Bertz CT molecular complexity index is 672. The number of aliphatic hydroxyl groups excluding tert-OH is 4. The van der Waals surface area contributed by atoms with Gasteiger partial charge in [-0.05, 0) is 18.6 Å². The van der Waals surface area contributed by atoms with Gasteiger partial charge in [-0.2, -0.15) is 0 Å². The average molecular weight is 412 g/mol. The van der Waals surface area contributed by atoms with Crippen LogP contribution in [0.3, 0.4) is 0 Å². The van der Waals surface area contributed by atoms with E-state index in [2.05, 4.69) is 5.32 Å². The molecule has 0 saturated carbocycles. The van der Waals surface area contributed by atoms with E-state index >= 15 is 0 Å². The number of aliphatic hydroxyl groups is 4. The summed E-state index contributed by atoms with van der Waals surface area (Å²) in [5, 5.41) is 50.1. The molecule has 1 fully saturated rings. The van der Waals surface area contributed by atoms with Gasteiger partial charge < -0.3 is 40.3 Å². The molecule has 0 spiro atoms.